The lowest BCUT2D eigenvalue weighted by molar-refractivity contribution is 0.402. The molecular formula is C15H15BrN4O3S. The van der Waals surface area contributed by atoms with Crippen molar-refractivity contribution in [1.29, 1.82) is 0 Å². The monoisotopic (exact) mass is 410 g/mol. The normalized spacial score (nSPS) is 11.8. The minimum atomic E-state index is -3.69. The average Bonchev–Trinajstić information content (AvgIpc) is 2.98. The van der Waals surface area contributed by atoms with E-state index < -0.39 is 10.0 Å². The Labute approximate surface area is 147 Å². The fraction of sp³-hybridized carbons (Fsp3) is 0.200. The summed E-state index contributed by atoms with van der Waals surface area (Å²) in [6.07, 6.45) is 2.26. The van der Waals surface area contributed by atoms with Gasteiger partial charge in [0.2, 0.25) is 10.0 Å². The number of rotatable bonds is 6. The molecule has 1 aromatic carbocycles. The molecule has 0 saturated carbocycles. The van der Waals surface area contributed by atoms with Crippen LogP contribution in [-0.2, 0) is 16.4 Å². The quantitative estimate of drug-likeness (QED) is 0.671. The van der Waals surface area contributed by atoms with Gasteiger partial charge in [0.1, 0.15) is 16.5 Å². The van der Waals surface area contributed by atoms with Crippen molar-refractivity contribution in [3.8, 4) is 5.75 Å². The van der Waals surface area contributed by atoms with E-state index in [1.165, 1.54) is 13.2 Å². The van der Waals surface area contributed by atoms with E-state index in [0.29, 0.717) is 22.5 Å². The molecule has 0 spiro atoms. The van der Waals surface area contributed by atoms with Crippen LogP contribution in [0.5, 0.6) is 5.75 Å². The molecule has 0 aliphatic rings. The number of ether oxygens (including phenoxy) is 1. The average molecular weight is 411 g/mol. The van der Waals surface area contributed by atoms with E-state index in [4.69, 9.17) is 4.74 Å². The standard InChI is InChI=1S/C15H15BrN4O3S/c1-23-12-6-5-11(16)10-13(12)24(21,22)17-8-7-15-19-18-14-4-2-3-9-20(14)15/h2-6,9-10,17H,7-8H2,1H3. The third-order valence-corrected chi connectivity index (χ3v) is 5.42. The minimum Gasteiger partial charge on any atom is -0.495 e. The first-order chi connectivity index (χ1) is 11.5. The molecule has 0 aliphatic carbocycles. The molecule has 0 saturated heterocycles. The highest BCUT2D eigenvalue weighted by atomic mass is 79.9. The van der Waals surface area contributed by atoms with Gasteiger partial charge in [0.15, 0.2) is 5.65 Å². The van der Waals surface area contributed by atoms with Crippen molar-refractivity contribution in [2.45, 2.75) is 11.3 Å². The molecule has 24 heavy (non-hydrogen) atoms. The number of aromatic nitrogens is 3. The molecule has 3 aromatic rings. The number of nitrogens with zero attached hydrogens (tertiary/aromatic N) is 3. The van der Waals surface area contributed by atoms with E-state index in [1.807, 2.05) is 28.8 Å². The van der Waals surface area contributed by atoms with Gasteiger partial charge in [-0.2, -0.15) is 0 Å². The Hall–Kier alpha value is -1.97. The lowest BCUT2D eigenvalue weighted by atomic mass is 10.3. The second kappa shape index (κ2) is 6.88. The van der Waals surface area contributed by atoms with Crippen molar-refractivity contribution in [2.24, 2.45) is 0 Å². The summed E-state index contributed by atoms with van der Waals surface area (Å²) in [6.45, 7) is 0.202. The maximum absolute atomic E-state index is 12.5. The van der Waals surface area contributed by atoms with Crippen LogP contribution in [0.4, 0.5) is 0 Å². The van der Waals surface area contributed by atoms with Crippen LogP contribution in [0.1, 0.15) is 5.82 Å². The molecule has 0 radical (unpaired) electrons. The van der Waals surface area contributed by atoms with Crippen molar-refractivity contribution in [3.63, 3.8) is 0 Å². The molecule has 126 valence electrons. The summed E-state index contributed by atoms with van der Waals surface area (Å²) in [5.74, 6) is 0.980. The van der Waals surface area contributed by atoms with Crippen LogP contribution in [0, 0.1) is 0 Å². The number of hydrogen-bond acceptors (Lipinski definition) is 5. The van der Waals surface area contributed by atoms with Gasteiger partial charge in [0.05, 0.1) is 7.11 Å². The van der Waals surface area contributed by atoms with E-state index >= 15 is 0 Å². The van der Waals surface area contributed by atoms with Gasteiger partial charge < -0.3 is 4.74 Å². The lowest BCUT2D eigenvalue weighted by Crippen LogP contribution is -2.27. The van der Waals surface area contributed by atoms with Crippen molar-refractivity contribution < 1.29 is 13.2 Å². The molecule has 0 bridgehead atoms. The smallest absolute Gasteiger partial charge is 0.244 e. The molecule has 7 nitrogen and oxygen atoms in total. The Bertz CT molecular complexity index is 972. The van der Waals surface area contributed by atoms with Gasteiger partial charge in [0, 0.05) is 23.6 Å². The summed E-state index contributed by atoms with van der Waals surface area (Å²) in [5.41, 5.74) is 0.726. The molecule has 0 unspecified atom stereocenters. The lowest BCUT2D eigenvalue weighted by Gasteiger charge is -2.11. The number of halogens is 1. The second-order valence-electron chi connectivity index (χ2n) is 4.99. The number of sulfonamides is 1. The van der Waals surface area contributed by atoms with Crippen molar-refractivity contribution in [1.82, 2.24) is 19.3 Å². The Morgan fingerprint density at radius 1 is 1.25 bits per heavy atom. The van der Waals surface area contributed by atoms with Crippen LogP contribution >= 0.6 is 15.9 Å². The van der Waals surface area contributed by atoms with E-state index in [2.05, 4.69) is 30.8 Å². The number of nitrogens with one attached hydrogen (secondary N) is 1. The molecule has 0 amide bonds. The zero-order chi connectivity index (χ0) is 17.2. The minimum absolute atomic E-state index is 0.0884. The van der Waals surface area contributed by atoms with Gasteiger partial charge in [-0.3, -0.25) is 4.40 Å². The molecular weight excluding hydrogens is 396 g/mol. The van der Waals surface area contributed by atoms with E-state index in [1.54, 1.807) is 12.1 Å². The molecule has 9 heteroatoms. The van der Waals surface area contributed by atoms with Gasteiger partial charge in [-0.25, -0.2) is 13.1 Å². The first-order valence-electron chi connectivity index (χ1n) is 7.13. The van der Waals surface area contributed by atoms with Gasteiger partial charge in [-0.1, -0.05) is 22.0 Å². The number of benzene rings is 1. The molecule has 0 atom stereocenters. The highest BCUT2D eigenvalue weighted by molar-refractivity contribution is 9.10. The summed E-state index contributed by atoms with van der Waals surface area (Å²) in [4.78, 5) is 0.0884. The first-order valence-corrected chi connectivity index (χ1v) is 9.41. The number of fused-ring (bicyclic) bond motifs is 1. The molecule has 2 aromatic heterocycles. The van der Waals surface area contributed by atoms with Crippen LogP contribution in [0.3, 0.4) is 0 Å². The third kappa shape index (κ3) is 3.42. The zero-order valence-electron chi connectivity index (χ0n) is 12.8. The highest BCUT2D eigenvalue weighted by Gasteiger charge is 2.19. The Morgan fingerprint density at radius 2 is 2.08 bits per heavy atom. The van der Waals surface area contributed by atoms with E-state index in [0.717, 1.165) is 5.65 Å². The predicted molar refractivity (Wildman–Crippen MR) is 92.6 cm³/mol. The molecule has 1 N–H and O–H groups in total. The van der Waals surface area contributed by atoms with Crippen LogP contribution < -0.4 is 9.46 Å². The van der Waals surface area contributed by atoms with Crippen molar-refractivity contribution >= 4 is 31.6 Å². The highest BCUT2D eigenvalue weighted by Crippen LogP contribution is 2.26. The van der Waals surface area contributed by atoms with Crippen molar-refractivity contribution in [2.75, 3.05) is 13.7 Å². The number of methoxy groups -OCH3 is 1. The second-order valence-corrected chi connectivity index (χ2v) is 7.64. The van der Waals surface area contributed by atoms with E-state index in [-0.39, 0.29) is 11.4 Å². The Kier molecular flexibility index (Phi) is 4.83. The summed E-state index contributed by atoms with van der Waals surface area (Å²) in [5, 5.41) is 8.12. The third-order valence-electron chi connectivity index (χ3n) is 3.44. The Morgan fingerprint density at radius 3 is 2.88 bits per heavy atom. The van der Waals surface area contributed by atoms with Crippen LogP contribution in [0.25, 0.3) is 5.65 Å². The summed E-state index contributed by atoms with van der Waals surface area (Å²) in [7, 11) is -2.26. The van der Waals surface area contributed by atoms with E-state index in [9.17, 15) is 8.42 Å². The largest absolute Gasteiger partial charge is 0.495 e. The van der Waals surface area contributed by atoms with Crippen LogP contribution in [-0.4, -0.2) is 36.7 Å². The van der Waals surface area contributed by atoms with Crippen LogP contribution in [0.2, 0.25) is 0 Å². The van der Waals surface area contributed by atoms with Crippen molar-refractivity contribution in [3.05, 3.63) is 52.9 Å². The number of pyridine rings is 1. The molecule has 0 fully saturated rings. The van der Waals surface area contributed by atoms with Gasteiger partial charge in [-0.05, 0) is 30.3 Å². The van der Waals surface area contributed by atoms with Gasteiger partial charge in [0.25, 0.3) is 0 Å². The van der Waals surface area contributed by atoms with Crippen LogP contribution in [0.15, 0.2) is 52.0 Å². The summed E-state index contributed by atoms with van der Waals surface area (Å²) < 4.78 is 35.2. The zero-order valence-corrected chi connectivity index (χ0v) is 15.2. The maximum Gasteiger partial charge on any atom is 0.244 e. The fourth-order valence-corrected chi connectivity index (χ4v) is 4.03. The SMILES string of the molecule is COc1ccc(Br)cc1S(=O)(=O)NCCc1nnc2ccccn12. The van der Waals surface area contributed by atoms with Gasteiger partial charge in [-0.15, -0.1) is 10.2 Å². The fourth-order valence-electron chi connectivity index (χ4n) is 2.30. The summed E-state index contributed by atoms with van der Waals surface area (Å²) in [6, 6.07) is 10.4. The molecule has 0 aliphatic heterocycles. The first kappa shape index (κ1) is 16.9. The molecule has 3 rings (SSSR count). The van der Waals surface area contributed by atoms with Gasteiger partial charge >= 0.3 is 0 Å². The molecule has 2 heterocycles. The number of hydrogen-bond donors (Lipinski definition) is 1. The topological polar surface area (TPSA) is 85.6 Å². The predicted octanol–water partition coefficient (Wildman–Crippen LogP) is 2.02. The summed E-state index contributed by atoms with van der Waals surface area (Å²) >= 11 is 3.28. The maximum atomic E-state index is 12.5. The Balaban J connectivity index is 1.75.